The average Bonchev–Trinajstić information content (AvgIpc) is 2.46. The molecule has 7 heteroatoms. The number of hydrogen-bond donors (Lipinski definition) is 1. The third-order valence-electron chi connectivity index (χ3n) is 3.19. The number of halogens is 1. The summed E-state index contributed by atoms with van der Waals surface area (Å²) < 4.78 is 15.5. The summed E-state index contributed by atoms with van der Waals surface area (Å²) in [6.07, 6.45) is 0. The lowest BCUT2D eigenvalue weighted by Gasteiger charge is -2.14. The molecule has 0 radical (unpaired) electrons. The Hall–Kier alpha value is -2.05. The molecule has 0 unspecified atom stereocenters. The van der Waals surface area contributed by atoms with Gasteiger partial charge < -0.3 is 19.2 Å². The lowest BCUT2D eigenvalue weighted by Crippen LogP contribution is -2.38. The van der Waals surface area contributed by atoms with E-state index in [0.717, 1.165) is 10.9 Å². The summed E-state index contributed by atoms with van der Waals surface area (Å²) in [5.74, 6) is -0.0149. The molecule has 0 aliphatic rings. The molecular formula is C16H18ClNO5. The van der Waals surface area contributed by atoms with E-state index < -0.39 is 5.63 Å². The minimum absolute atomic E-state index is 0.121. The molecule has 23 heavy (non-hydrogen) atoms. The molecule has 0 bridgehead atoms. The Morgan fingerprint density at radius 2 is 2.13 bits per heavy atom. The van der Waals surface area contributed by atoms with Gasteiger partial charge in [0.2, 0.25) is 0 Å². The van der Waals surface area contributed by atoms with E-state index >= 15 is 0 Å². The van der Waals surface area contributed by atoms with Crippen LogP contribution in [0.5, 0.6) is 5.75 Å². The number of nitrogens with one attached hydrogen (secondary N) is 1. The summed E-state index contributed by atoms with van der Waals surface area (Å²) in [6.45, 7) is 3.82. The Morgan fingerprint density at radius 1 is 1.39 bits per heavy atom. The highest BCUT2D eigenvalue weighted by Gasteiger charge is 2.12. The first kappa shape index (κ1) is 17.3. The molecule has 1 heterocycles. The van der Waals surface area contributed by atoms with E-state index in [9.17, 15) is 9.59 Å². The zero-order valence-electron chi connectivity index (χ0n) is 13.1. The second kappa shape index (κ2) is 7.48. The van der Waals surface area contributed by atoms with Gasteiger partial charge in [-0.15, -0.1) is 0 Å². The van der Waals surface area contributed by atoms with Gasteiger partial charge in [-0.25, -0.2) is 4.79 Å². The van der Waals surface area contributed by atoms with E-state index in [1.807, 2.05) is 6.92 Å². The Labute approximate surface area is 138 Å². The van der Waals surface area contributed by atoms with E-state index in [2.05, 4.69) is 5.32 Å². The van der Waals surface area contributed by atoms with Crippen LogP contribution in [0.25, 0.3) is 11.0 Å². The maximum absolute atomic E-state index is 11.8. The van der Waals surface area contributed by atoms with Crippen LogP contribution in [0, 0.1) is 6.92 Å². The number of ether oxygens (including phenoxy) is 2. The van der Waals surface area contributed by atoms with E-state index in [-0.39, 0.29) is 24.3 Å². The van der Waals surface area contributed by atoms with Crippen LogP contribution in [0.1, 0.15) is 12.5 Å². The fourth-order valence-corrected chi connectivity index (χ4v) is 2.40. The van der Waals surface area contributed by atoms with Crippen LogP contribution in [0.3, 0.4) is 0 Å². The maximum atomic E-state index is 11.8. The van der Waals surface area contributed by atoms with E-state index in [1.54, 1.807) is 20.1 Å². The van der Waals surface area contributed by atoms with Gasteiger partial charge in [-0.2, -0.15) is 0 Å². The van der Waals surface area contributed by atoms with E-state index in [4.69, 9.17) is 25.5 Å². The quantitative estimate of drug-likeness (QED) is 0.817. The third kappa shape index (κ3) is 4.46. The summed E-state index contributed by atoms with van der Waals surface area (Å²) in [4.78, 5) is 23.2. The zero-order chi connectivity index (χ0) is 17.0. The Morgan fingerprint density at radius 3 is 2.83 bits per heavy atom. The molecule has 0 fully saturated rings. The number of carbonyl (C=O) groups excluding carboxylic acids is 1. The molecule has 1 atom stereocenters. The van der Waals surface area contributed by atoms with Gasteiger partial charge in [-0.3, -0.25) is 4.79 Å². The predicted molar refractivity (Wildman–Crippen MR) is 87.2 cm³/mol. The highest BCUT2D eigenvalue weighted by molar-refractivity contribution is 6.32. The monoisotopic (exact) mass is 339 g/mol. The van der Waals surface area contributed by atoms with Crippen LogP contribution in [-0.4, -0.2) is 32.3 Å². The zero-order valence-corrected chi connectivity index (χ0v) is 13.9. The van der Waals surface area contributed by atoms with Gasteiger partial charge in [-0.1, -0.05) is 11.6 Å². The Bertz CT molecular complexity index is 771. The topological polar surface area (TPSA) is 77.8 Å². The minimum Gasteiger partial charge on any atom is -0.482 e. The average molecular weight is 340 g/mol. The molecular weight excluding hydrogens is 322 g/mol. The number of benzene rings is 1. The molecule has 0 aliphatic carbocycles. The first-order valence-corrected chi connectivity index (χ1v) is 7.43. The van der Waals surface area contributed by atoms with Crippen LogP contribution >= 0.6 is 11.6 Å². The van der Waals surface area contributed by atoms with Gasteiger partial charge in [0.05, 0.1) is 11.6 Å². The number of rotatable bonds is 6. The third-order valence-corrected chi connectivity index (χ3v) is 3.48. The lowest BCUT2D eigenvalue weighted by atomic mass is 10.1. The molecule has 1 amide bonds. The van der Waals surface area contributed by atoms with Crippen molar-refractivity contribution in [2.45, 2.75) is 19.9 Å². The maximum Gasteiger partial charge on any atom is 0.336 e. The van der Waals surface area contributed by atoms with Crippen molar-refractivity contribution >= 4 is 28.5 Å². The second-order valence-electron chi connectivity index (χ2n) is 5.24. The van der Waals surface area contributed by atoms with Gasteiger partial charge in [0.25, 0.3) is 5.91 Å². The van der Waals surface area contributed by atoms with Gasteiger partial charge in [0.15, 0.2) is 6.61 Å². The van der Waals surface area contributed by atoms with Crippen molar-refractivity contribution in [1.82, 2.24) is 5.32 Å². The number of carbonyl (C=O) groups is 1. The van der Waals surface area contributed by atoms with Crippen molar-refractivity contribution in [3.63, 3.8) is 0 Å². The molecule has 1 aromatic carbocycles. The van der Waals surface area contributed by atoms with Gasteiger partial charge in [-0.05, 0) is 25.5 Å². The van der Waals surface area contributed by atoms with Crippen molar-refractivity contribution < 1.29 is 18.7 Å². The number of amides is 1. The first-order chi connectivity index (χ1) is 10.9. The summed E-state index contributed by atoms with van der Waals surface area (Å²) in [6, 6.07) is 4.43. The number of hydrogen-bond acceptors (Lipinski definition) is 5. The minimum atomic E-state index is -0.450. The van der Waals surface area contributed by atoms with Gasteiger partial charge in [0, 0.05) is 30.7 Å². The van der Waals surface area contributed by atoms with Crippen LogP contribution < -0.4 is 15.7 Å². The molecule has 124 valence electrons. The molecule has 6 nitrogen and oxygen atoms in total. The summed E-state index contributed by atoms with van der Waals surface area (Å²) in [5, 5.41) is 3.78. The Kier molecular flexibility index (Phi) is 5.63. The molecule has 1 N–H and O–H groups in total. The fraction of sp³-hybridized carbons (Fsp3) is 0.375. The van der Waals surface area contributed by atoms with Crippen molar-refractivity contribution in [3.8, 4) is 5.75 Å². The Balaban J connectivity index is 2.13. The van der Waals surface area contributed by atoms with Crippen molar-refractivity contribution in [1.29, 1.82) is 0 Å². The molecule has 2 rings (SSSR count). The SMILES string of the molecule is COC[C@H](C)NC(=O)COc1cc2oc(=O)cc(C)c2cc1Cl. The van der Waals surface area contributed by atoms with Gasteiger partial charge in [0.1, 0.15) is 11.3 Å². The van der Waals surface area contributed by atoms with Crippen LogP contribution in [-0.2, 0) is 9.53 Å². The number of fused-ring (bicyclic) bond motifs is 1. The second-order valence-corrected chi connectivity index (χ2v) is 5.65. The predicted octanol–water partition coefficient (Wildman–Crippen LogP) is 2.28. The standard InChI is InChI=1S/C16H18ClNO5/c1-9-4-16(20)23-13-6-14(12(17)5-11(9)13)22-8-15(19)18-10(2)7-21-3/h4-6,10H,7-8H2,1-3H3,(H,18,19)/t10-/m0/s1. The molecule has 0 saturated carbocycles. The smallest absolute Gasteiger partial charge is 0.336 e. The molecule has 1 aromatic heterocycles. The van der Waals surface area contributed by atoms with E-state index in [0.29, 0.717) is 17.2 Å². The molecule has 2 aromatic rings. The molecule has 0 aliphatic heterocycles. The lowest BCUT2D eigenvalue weighted by molar-refractivity contribution is -0.124. The number of methoxy groups -OCH3 is 1. The highest BCUT2D eigenvalue weighted by Crippen LogP contribution is 2.30. The molecule has 0 saturated heterocycles. The van der Waals surface area contributed by atoms with Crippen LogP contribution in [0.4, 0.5) is 0 Å². The highest BCUT2D eigenvalue weighted by atomic mass is 35.5. The fourth-order valence-electron chi connectivity index (χ4n) is 2.18. The molecule has 0 spiro atoms. The summed E-state index contributed by atoms with van der Waals surface area (Å²) >= 11 is 6.16. The number of aryl methyl sites for hydroxylation is 1. The summed E-state index contributed by atoms with van der Waals surface area (Å²) in [5.41, 5.74) is 0.674. The van der Waals surface area contributed by atoms with Gasteiger partial charge >= 0.3 is 5.63 Å². The van der Waals surface area contributed by atoms with Crippen molar-refractivity contribution in [3.05, 3.63) is 39.2 Å². The normalized spacial score (nSPS) is 12.2. The summed E-state index contributed by atoms with van der Waals surface area (Å²) in [7, 11) is 1.56. The van der Waals surface area contributed by atoms with Crippen LogP contribution in [0.15, 0.2) is 27.4 Å². The first-order valence-electron chi connectivity index (χ1n) is 7.06. The van der Waals surface area contributed by atoms with Crippen molar-refractivity contribution in [2.24, 2.45) is 0 Å². The van der Waals surface area contributed by atoms with Crippen LogP contribution in [0.2, 0.25) is 5.02 Å². The van der Waals surface area contributed by atoms with Crippen molar-refractivity contribution in [2.75, 3.05) is 20.3 Å². The largest absolute Gasteiger partial charge is 0.482 e. The van der Waals surface area contributed by atoms with E-state index in [1.165, 1.54) is 12.1 Å².